The molecule has 0 aromatic rings. The fourth-order valence-corrected chi connectivity index (χ4v) is 8.39. The van der Waals surface area contributed by atoms with E-state index >= 15 is 0 Å². The van der Waals surface area contributed by atoms with Gasteiger partial charge in [-0.1, -0.05) is 38.6 Å². The van der Waals surface area contributed by atoms with Crippen molar-refractivity contribution in [3.05, 3.63) is 453 Å². The van der Waals surface area contributed by atoms with Gasteiger partial charge in [0.15, 0.2) is 5.82 Å². The summed E-state index contributed by atoms with van der Waals surface area (Å²) in [4.78, 5) is 51.6. The van der Waals surface area contributed by atoms with Crippen LogP contribution in [0.5, 0.6) is 0 Å². The van der Waals surface area contributed by atoms with E-state index < -0.39 is 12.2 Å². The number of nitrogens with one attached hydrogen (secondary N) is 2. The molecule has 570 valence electrons. The summed E-state index contributed by atoms with van der Waals surface area (Å²) in [6.45, 7) is 20.2. The molecule has 0 aromatic heterocycles. The first-order chi connectivity index (χ1) is 59.2. The van der Waals surface area contributed by atoms with E-state index in [9.17, 15) is 19.2 Å². The van der Waals surface area contributed by atoms with Crippen molar-refractivity contribution in [1.29, 1.82) is 0 Å². The number of amides is 2. The molecule has 0 saturated heterocycles. The highest BCUT2D eigenvalue weighted by atomic mass is 16.6. The molecular formula is C107H62N4O10. The number of hydrogen-bond donors (Lipinski definition) is 3. The molecular weight excluding hydrogens is 1500 g/mol. The first-order valence-electron chi connectivity index (χ1n) is 34.9. The Hall–Kier alpha value is -19.6. The molecule has 0 unspecified atom stereocenters. The average molecular weight is 1560 g/mol. The third-order valence-electron chi connectivity index (χ3n) is 13.6. The van der Waals surface area contributed by atoms with Gasteiger partial charge in [0.25, 0.3) is 0 Å². The first-order valence-corrected chi connectivity index (χ1v) is 34.9. The molecule has 0 aromatic carbocycles. The normalized spacial score (nSPS) is 12.2. The van der Waals surface area contributed by atoms with Crippen LogP contribution in [0.1, 0.15) is 84.5 Å². The Labute approximate surface area is 701 Å². The van der Waals surface area contributed by atoms with Crippen molar-refractivity contribution in [3.63, 3.8) is 0 Å². The lowest BCUT2D eigenvalue weighted by Crippen LogP contribution is -2.36. The number of aliphatic hydroxyl groups is 1. The summed E-state index contributed by atoms with van der Waals surface area (Å²) in [7, 11) is 0. The SMILES string of the molecule is C.C=C=C=C=C=C=C=C=C=C=C=C=C=C=C=C=C=C=C=C=C=C=C=C=C=C=C=C=C=C=C=C=C=C=C=C(N=C=O)N=C=O.C=C=C=C=C=C=C=C=C=C=C=C=C=C=C=C=C=C=C=C=C=C=C=C=C=C=C=C=C=C=C=C=C=C=C=C(NC(=O)OCC1CCC(COC=C)CC1)NC(=O)OCC1CCC(COC=C)CC1.C=COCC1CCC(CO)CC1. The highest BCUT2D eigenvalue weighted by Crippen LogP contribution is 2.31. The number of aliphatic imine (C=N–C) groups is 2. The van der Waals surface area contributed by atoms with Crippen molar-refractivity contribution in [2.75, 3.05) is 39.6 Å². The second-order valence-corrected chi connectivity index (χ2v) is 21.5. The number of alkyl carbamates (subject to hydrolysis) is 2. The molecule has 0 aliphatic heterocycles. The van der Waals surface area contributed by atoms with Gasteiger partial charge in [-0.3, -0.25) is 10.6 Å². The Morgan fingerprint density at radius 1 is 0.281 bits per heavy atom. The summed E-state index contributed by atoms with van der Waals surface area (Å²) in [5, 5.41) is 13.9. The van der Waals surface area contributed by atoms with Crippen LogP contribution >= 0.6 is 0 Å². The molecule has 0 radical (unpaired) electrons. The van der Waals surface area contributed by atoms with Crippen LogP contribution in [-0.4, -0.2) is 69.1 Å². The average Bonchev–Trinajstić information content (AvgIpc) is 0.920. The maximum absolute atomic E-state index is 12.7. The topological polar surface area (TPSA) is 183 Å². The standard InChI is InChI=1S/C58H38N2O6.C38H2N2O2.C10H18O2.CH4/c1-4-7-8-9-10-11-12-13-14-15-16-17-18-19-20-21-22-23-24-25-26-27-28-29-30-31-32-33-34-35-36-37-38-39-56(59-57(61)65-50-54-44-40-52(41-45-54)48-63-5-2)60-58(62)66-51-55-46-42-53(43-47-55)49-64-6-3;1-2-3-4-5-6-7-8-9-10-11-12-13-14-15-16-17-18-19-20-21-22-23-24-25-26-27-28-29-30-31-32-33-34-35-38(39-36-41)40-37-42;1-2-12-8-10-5-3-9(7-11)4-6-10;/h5-6,52-55H,1-3,40-51H2,(H,59,61)(H,60,62);1H2;2,9-11H,1,3-8H2;1H4. The molecule has 3 saturated carbocycles. The van der Waals surface area contributed by atoms with Crippen LogP contribution in [-0.2, 0) is 33.3 Å². The van der Waals surface area contributed by atoms with Gasteiger partial charge in [0.05, 0.1) is 51.8 Å². The van der Waals surface area contributed by atoms with Crippen LogP contribution < -0.4 is 10.6 Å². The molecule has 3 aliphatic rings. The number of rotatable bonds is 18. The molecule has 0 spiro atoms. The Bertz CT molecular complexity index is 6960. The van der Waals surface area contributed by atoms with Gasteiger partial charge in [-0.2, -0.15) is 0 Å². The predicted octanol–water partition coefficient (Wildman–Crippen LogP) is 18.1. The Kier molecular flexibility index (Phi) is 68.2. The maximum Gasteiger partial charge on any atom is 0.413 e. The van der Waals surface area contributed by atoms with Gasteiger partial charge in [-0.05, 0) is 321 Å². The maximum atomic E-state index is 12.7. The van der Waals surface area contributed by atoms with Crippen molar-refractivity contribution in [2.24, 2.45) is 45.5 Å². The van der Waals surface area contributed by atoms with Gasteiger partial charge >= 0.3 is 12.2 Å². The zero-order valence-electron chi connectivity index (χ0n) is 64.5. The van der Waals surface area contributed by atoms with Crippen LogP contribution in [0.3, 0.4) is 0 Å². The second-order valence-electron chi connectivity index (χ2n) is 21.5. The molecule has 3 rings (SSSR count). The van der Waals surface area contributed by atoms with Crippen molar-refractivity contribution >= 4 is 24.3 Å². The van der Waals surface area contributed by atoms with Crippen molar-refractivity contribution < 1.29 is 48.0 Å². The van der Waals surface area contributed by atoms with Gasteiger partial charge in [-0.15, -0.1) is 9.98 Å². The van der Waals surface area contributed by atoms with E-state index in [-0.39, 0.29) is 44.1 Å². The largest absolute Gasteiger partial charge is 0.502 e. The molecule has 3 aliphatic carbocycles. The van der Waals surface area contributed by atoms with E-state index in [2.05, 4.69) is 443 Å². The van der Waals surface area contributed by atoms with Gasteiger partial charge in [-0.25, -0.2) is 19.2 Å². The lowest BCUT2D eigenvalue weighted by atomic mass is 9.83. The Balaban J connectivity index is 0.00000222. The number of aliphatic hydroxyl groups excluding tert-OH is 1. The number of isocyanates is 2. The minimum atomic E-state index is -0.764. The van der Waals surface area contributed by atoms with E-state index in [4.69, 9.17) is 28.8 Å². The van der Waals surface area contributed by atoms with Crippen LogP contribution in [0.4, 0.5) is 9.59 Å². The summed E-state index contributed by atoms with van der Waals surface area (Å²) >= 11 is 0. The molecule has 0 atom stereocenters. The highest BCUT2D eigenvalue weighted by Gasteiger charge is 2.25. The molecule has 14 heteroatoms. The number of hydrogen-bond acceptors (Lipinski definition) is 12. The fraction of sp³-hybridized carbons (Fsp3) is 0.234. The molecule has 2 amide bonds. The minimum absolute atomic E-state index is 0. The number of ether oxygens (including phenoxy) is 5. The third-order valence-corrected chi connectivity index (χ3v) is 13.6. The summed E-state index contributed by atoms with van der Waals surface area (Å²) in [5.41, 5.74) is 168. The molecule has 121 heavy (non-hydrogen) atoms. The van der Waals surface area contributed by atoms with Crippen LogP contribution in [0.2, 0.25) is 0 Å². The monoisotopic (exact) mass is 1560 g/mol. The van der Waals surface area contributed by atoms with Crippen LogP contribution in [0, 0.1) is 35.5 Å². The molecule has 3 N–H and O–H groups in total. The Morgan fingerprint density at radius 3 is 0.636 bits per heavy atom. The van der Waals surface area contributed by atoms with Gasteiger partial charge in [0, 0.05) is 190 Å². The highest BCUT2D eigenvalue weighted by molar-refractivity contribution is 5.74. The number of nitrogens with zero attached hydrogens (tertiary/aromatic N) is 2. The van der Waals surface area contributed by atoms with Gasteiger partial charge < -0.3 is 28.8 Å². The lowest BCUT2D eigenvalue weighted by Gasteiger charge is -2.27. The quantitative estimate of drug-likeness (QED) is 0.0517. The van der Waals surface area contributed by atoms with E-state index in [0.717, 1.165) is 70.8 Å². The Morgan fingerprint density at radius 2 is 0.455 bits per heavy atom. The van der Waals surface area contributed by atoms with E-state index in [1.165, 1.54) is 43.8 Å². The molecule has 3 fully saturated rings. The number of carbonyl (C=O) groups is 2. The van der Waals surface area contributed by atoms with Gasteiger partial charge in [0.2, 0.25) is 18.0 Å². The molecule has 0 heterocycles. The van der Waals surface area contributed by atoms with E-state index in [0.29, 0.717) is 43.5 Å². The summed E-state index contributed by atoms with van der Waals surface area (Å²) in [6.07, 6.45) is 17.5. The molecule has 14 nitrogen and oxygen atoms in total. The number of carbonyl (C=O) groups excluding carboxylic acids is 4. The predicted molar refractivity (Wildman–Crippen MR) is 441 cm³/mol. The van der Waals surface area contributed by atoms with Gasteiger partial charge in [0.1, 0.15) is 0 Å². The zero-order valence-corrected chi connectivity index (χ0v) is 64.5. The van der Waals surface area contributed by atoms with Crippen molar-refractivity contribution in [2.45, 2.75) is 84.5 Å². The first kappa shape index (κ1) is 101. The summed E-state index contributed by atoms with van der Waals surface area (Å²) in [6, 6.07) is 0. The summed E-state index contributed by atoms with van der Waals surface area (Å²) < 4.78 is 26.7. The van der Waals surface area contributed by atoms with Crippen LogP contribution in [0.25, 0.3) is 0 Å². The fourth-order valence-electron chi connectivity index (χ4n) is 8.39. The third kappa shape index (κ3) is 69.3. The minimum Gasteiger partial charge on any atom is -0.502 e. The zero-order chi connectivity index (χ0) is 86.5. The van der Waals surface area contributed by atoms with E-state index in [1.807, 2.05) is 0 Å². The van der Waals surface area contributed by atoms with Crippen molar-refractivity contribution in [3.8, 4) is 0 Å². The smallest absolute Gasteiger partial charge is 0.413 e. The summed E-state index contributed by atoms with van der Waals surface area (Å²) in [5.74, 6) is 2.08. The van der Waals surface area contributed by atoms with Crippen molar-refractivity contribution in [1.82, 2.24) is 10.6 Å². The second kappa shape index (κ2) is 81.4. The van der Waals surface area contributed by atoms with Crippen LogP contribution in [0.15, 0.2) is 463 Å². The van der Waals surface area contributed by atoms with E-state index in [1.54, 1.807) is 0 Å². The molecule has 0 bridgehead atoms. The lowest BCUT2D eigenvalue weighted by molar-refractivity contribution is 0.0931.